The molecular formula is C32H36Cl2N2O2S. The van der Waals surface area contributed by atoms with Crippen molar-refractivity contribution in [3.63, 3.8) is 0 Å². The number of carbonyl (C=O) groups is 2. The Hall–Kier alpha value is -2.47. The SMILES string of the molecule is O=C(NC1CCCCC1)[C@H](Cc1ccccc1)N(Cc1ccccc1Cl)C(=O)CCCSc1ccc(Cl)cc1. The Kier molecular flexibility index (Phi) is 11.6. The van der Waals surface area contributed by atoms with Gasteiger partial charge in [0.2, 0.25) is 11.8 Å². The van der Waals surface area contributed by atoms with Gasteiger partial charge in [0, 0.05) is 40.4 Å². The molecule has 0 saturated heterocycles. The summed E-state index contributed by atoms with van der Waals surface area (Å²) in [6, 6.07) is 24.8. The largest absolute Gasteiger partial charge is 0.352 e. The van der Waals surface area contributed by atoms with Crippen LogP contribution in [0.3, 0.4) is 0 Å². The number of hydrogen-bond acceptors (Lipinski definition) is 3. The summed E-state index contributed by atoms with van der Waals surface area (Å²) < 4.78 is 0. The highest BCUT2D eigenvalue weighted by Crippen LogP contribution is 2.25. The third-order valence-electron chi connectivity index (χ3n) is 7.14. The van der Waals surface area contributed by atoms with Crippen molar-refractivity contribution in [3.05, 3.63) is 100 Å². The molecule has 4 rings (SSSR count). The third kappa shape index (κ3) is 9.30. The van der Waals surface area contributed by atoms with Gasteiger partial charge in [0.05, 0.1) is 0 Å². The molecule has 1 aliphatic rings. The second-order valence-electron chi connectivity index (χ2n) is 10.1. The Morgan fingerprint density at radius 3 is 2.31 bits per heavy atom. The molecule has 3 aromatic rings. The van der Waals surface area contributed by atoms with Crippen LogP contribution >= 0.6 is 35.0 Å². The molecule has 7 heteroatoms. The van der Waals surface area contributed by atoms with Crippen molar-refractivity contribution >= 4 is 46.8 Å². The summed E-state index contributed by atoms with van der Waals surface area (Å²) in [7, 11) is 0. The van der Waals surface area contributed by atoms with Gasteiger partial charge in [-0.15, -0.1) is 11.8 Å². The fourth-order valence-corrected chi connectivity index (χ4v) is 6.17. The predicted molar refractivity (Wildman–Crippen MR) is 162 cm³/mol. The number of thioether (sulfide) groups is 1. The number of amides is 2. The van der Waals surface area contributed by atoms with E-state index in [4.69, 9.17) is 23.2 Å². The maximum absolute atomic E-state index is 13.8. The standard InChI is InChI=1S/C32H36Cl2N2O2S/c33-26-17-19-28(20-18-26)39-21-9-16-31(37)36(23-25-12-7-8-15-29(25)34)30(22-24-10-3-1-4-11-24)32(38)35-27-13-5-2-6-14-27/h1,3-4,7-8,10-12,15,17-20,27,30H,2,5-6,9,13-14,16,21-23H2,(H,35,38)/t30-/m0/s1. The highest BCUT2D eigenvalue weighted by Gasteiger charge is 2.32. The molecule has 0 spiro atoms. The first-order valence-corrected chi connectivity index (χ1v) is 15.5. The summed E-state index contributed by atoms with van der Waals surface area (Å²) in [5.74, 6) is 0.679. The zero-order valence-electron chi connectivity index (χ0n) is 22.2. The van der Waals surface area contributed by atoms with Gasteiger partial charge < -0.3 is 10.2 Å². The molecular weight excluding hydrogens is 547 g/mol. The van der Waals surface area contributed by atoms with Crippen molar-refractivity contribution in [2.75, 3.05) is 5.75 Å². The molecule has 0 bridgehead atoms. The van der Waals surface area contributed by atoms with E-state index in [1.807, 2.05) is 78.9 Å². The number of nitrogens with one attached hydrogen (secondary N) is 1. The third-order valence-corrected chi connectivity index (χ3v) is 8.86. The highest BCUT2D eigenvalue weighted by molar-refractivity contribution is 7.99. The molecule has 4 nitrogen and oxygen atoms in total. The molecule has 1 atom stereocenters. The van der Waals surface area contributed by atoms with E-state index >= 15 is 0 Å². The Labute approximate surface area is 246 Å². The maximum atomic E-state index is 13.8. The minimum Gasteiger partial charge on any atom is -0.352 e. The van der Waals surface area contributed by atoms with E-state index in [0.717, 1.165) is 47.5 Å². The van der Waals surface area contributed by atoms with Crippen LogP contribution in [0.25, 0.3) is 0 Å². The molecule has 1 aliphatic carbocycles. The monoisotopic (exact) mass is 582 g/mol. The van der Waals surface area contributed by atoms with Crippen LogP contribution in [0.2, 0.25) is 10.0 Å². The van der Waals surface area contributed by atoms with Gasteiger partial charge in [-0.25, -0.2) is 0 Å². The van der Waals surface area contributed by atoms with E-state index < -0.39 is 6.04 Å². The molecule has 2 amide bonds. The first kappa shape index (κ1) is 29.5. The predicted octanol–water partition coefficient (Wildman–Crippen LogP) is 7.95. The Balaban J connectivity index is 1.52. The zero-order valence-corrected chi connectivity index (χ0v) is 24.5. The van der Waals surface area contributed by atoms with Crippen LogP contribution in [0.4, 0.5) is 0 Å². The molecule has 206 valence electrons. The summed E-state index contributed by atoms with van der Waals surface area (Å²) in [6.45, 7) is 0.290. The molecule has 1 fully saturated rings. The Morgan fingerprint density at radius 1 is 0.897 bits per heavy atom. The van der Waals surface area contributed by atoms with E-state index in [-0.39, 0.29) is 17.9 Å². The lowest BCUT2D eigenvalue weighted by Gasteiger charge is -2.33. The molecule has 3 aromatic carbocycles. The van der Waals surface area contributed by atoms with Crippen LogP contribution in [0.1, 0.15) is 56.1 Å². The lowest BCUT2D eigenvalue weighted by Crippen LogP contribution is -2.52. The molecule has 0 aliphatic heterocycles. The summed E-state index contributed by atoms with van der Waals surface area (Å²) in [6.07, 6.45) is 6.96. The number of halogens is 2. The van der Waals surface area contributed by atoms with Crippen LogP contribution in [0.5, 0.6) is 0 Å². The number of hydrogen-bond donors (Lipinski definition) is 1. The van der Waals surface area contributed by atoms with Gasteiger partial charge in [-0.1, -0.05) is 91.0 Å². The molecule has 1 N–H and O–H groups in total. The van der Waals surface area contributed by atoms with Crippen molar-refractivity contribution in [2.45, 2.75) is 74.9 Å². The fraction of sp³-hybridized carbons (Fsp3) is 0.375. The van der Waals surface area contributed by atoms with Gasteiger partial charge in [0.1, 0.15) is 6.04 Å². The zero-order chi connectivity index (χ0) is 27.5. The first-order valence-electron chi connectivity index (χ1n) is 13.7. The maximum Gasteiger partial charge on any atom is 0.243 e. The average molecular weight is 584 g/mol. The van der Waals surface area contributed by atoms with Gasteiger partial charge >= 0.3 is 0 Å². The van der Waals surface area contributed by atoms with E-state index in [0.29, 0.717) is 35.9 Å². The van der Waals surface area contributed by atoms with Crippen LogP contribution in [0, 0.1) is 0 Å². The quantitative estimate of drug-likeness (QED) is 0.174. The van der Waals surface area contributed by atoms with E-state index in [1.54, 1.807) is 16.7 Å². The fourth-order valence-electron chi connectivity index (χ4n) is 5.00. The second kappa shape index (κ2) is 15.4. The molecule has 0 unspecified atom stereocenters. The Bertz CT molecular complexity index is 1200. The molecule has 0 heterocycles. The molecule has 0 radical (unpaired) electrons. The molecule has 0 aromatic heterocycles. The average Bonchev–Trinajstić information content (AvgIpc) is 2.96. The smallest absolute Gasteiger partial charge is 0.243 e. The summed E-state index contributed by atoms with van der Waals surface area (Å²) >= 11 is 14.2. The first-order chi connectivity index (χ1) is 19.0. The summed E-state index contributed by atoms with van der Waals surface area (Å²) in [5, 5.41) is 4.59. The topological polar surface area (TPSA) is 49.4 Å². The van der Waals surface area contributed by atoms with Crippen molar-refractivity contribution in [2.24, 2.45) is 0 Å². The van der Waals surface area contributed by atoms with Crippen LogP contribution in [-0.4, -0.2) is 34.6 Å². The summed E-state index contributed by atoms with van der Waals surface area (Å²) in [4.78, 5) is 30.5. The lowest BCUT2D eigenvalue weighted by atomic mass is 9.94. The van der Waals surface area contributed by atoms with E-state index in [9.17, 15) is 9.59 Å². The number of carbonyl (C=O) groups excluding carboxylic acids is 2. The van der Waals surface area contributed by atoms with E-state index in [1.165, 1.54) is 6.42 Å². The second-order valence-corrected chi connectivity index (χ2v) is 12.1. The van der Waals surface area contributed by atoms with Crippen molar-refractivity contribution in [1.29, 1.82) is 0 Å². The van der Waals surface area contributed by atoms with Gasteiger partial charge in [-0.2, -0.15) is 0 Å². The molecule has 1 saturated carbocycles. The van der Waals surface area contributed by atoms with Gasteiger partial charge in [-0.3, -0.25) is 9.59 Å². The minimum absolute atomic E-state index is 0.0358. The van der Waals surface area contributed by atoms with E-state index in [2.05, 4.69) is 5.32 Å². The van der Waals surface area contributed by atoms with Crippen LogP contribution in [-0.2, 0) is 22.6 Å². The van der Waals surface area contributed by atoms with Crippen molar-refractivity contribution in [3.8, 4) is 0 Å². The Morgan fingerprint density at radius 2 is 1.59 bits per heavy atom. The van der Waals surface area contributed by atoms with Gasteiger partial charge in [-0.05, 0) is 66.5 Å². The van der Waals surface area contributed by atoms with Crippen molar-refractivity contribution < 1.29 is 9.59 Å². The minimum atomic E-state index is -0.623. The number of nitrogens with zero attached hydrogens (tertiary/aromatic N) is 1. The van der Waals surface area contributed by atoms with Gasteiger partial charge in [0.25, 0.3) is 0 Å². The number of benzene rings is 3. The lowest BCUT2D eigenvalue weighted by molar-refractivity contribution is -0.141. The van der Waals surface area contributed by atoms with Crippen LogP contribution in [0.15, 0.2) is 83.8 Å². The number of rotatable bonds is 12. The van der Waals surface area contributed by atoms with Gasteiger partial charge in [0.15, 0.2) is 0 Å². The highest BCUT2D eigenvalue weighted by atomic mass is 35.5. The van der Waals surface area contributed by atoms with Crippen molar-refractivity contribution in [1.82, 2.24) is 10.2 Å². The van der Waals surface area contributed by atoms with Crippen LogP contribution < -0.4 is 5.32 Å². The normalized spacial score (nSPS) is 14.5. The molecule has 39 heavy (non-hydrogen) atoms. The summed E-state index contributed by atoms with van der Waals surface area (Å²) in [5.41, 5.74) is 1.86.